The van der Waals surface area contributed by atoms with Crippen LogP contribution in [0, 0.1) is 4.77 Å². The average molecular weight is 331 g/mol. The topological polar surface area (TPSA) is 79.6 Å². The molecule has 7 heteroatoms. The van der Waals surface area contributed by atoms with Crippen LogP contribution in [0.1, 0.15) is 31.4 Å². The first kappa shape index (κ1) is 15.5. The number of hydrogen-bond donors (Lipinski definition) is 2. The van der Waals surface area contributed by atoms with Crippen LogP contribution in [0.3, 0.4) is 0 Å². The smallest absolute Gasteiger partial charge is 0.264 e. The summed E-state index contributed by atoms with van der Waals surface area (Å²) < 4.78 is 7.19. The predicted molar refractivity (Wildman–Crippen MR) is 90.7 cm³/mol. The number of aromatic hydroxyl groups is 1. The molecule has 0 radical (unpaired) electrons. The molecule has 0 amide bonds. The lowest BCUT2D eigenvalue weighted by molar-refractivity contribution is 0.340. The Bertz CT molecular complexity index is 848. The Morgan fingerprint density at radius 3 is 2.74 bits per heavy atom. The first-order chi connectivity index (χ1) is 11.1. The van der Waals surface area contributed by atoms with Gasteiger partial charge in [0.2, 0.25) is 5.88 Å². The van der Waals surface area contributed by atoms with Gasteiger partial charge < -0.3 is 9.84 Å². The first-order valence-corrected chi connectivity index (χ1v) is 7.85. The Morgan fingerprint density at radius 2 is 2.13 bits per heavy atom. The maximum Gasteiger partial charge on any atom is 0.264 e. The van der Waals surface area contributed by atoms with E-state index in [4.69, 9.17) is 17.0 Å². The zero-order valence-corrected chi connectivity index (χ0v) is 13.5. The number of rotatable bonds is 5. The molecular formula is C16H17N3O3S. The number of nitrogens with one attached hydrogen (secondary N) is 1. The Kier molecular flexibility index (Phi) is 4.29. The van der Waals surface area contributed by atoms with Gasteiger partial charge in [-0.1, -0.05) is 0 Å². The van der Waals surface area contributed by atoms with E-state index in [1.54, 1.807) is 28.8 Å². The summed E-state index contributed by atoms with van der Waals surface area (Å²) in [4.78, 5) is 18.8. The standard InChI is InChI=1S/C16H17N3O3S/c1-2-22-12-7-3-10(4-8-12)17-9-13-14(20)18-16(23)19(15(13)21)11-5-6-11/h3-4,7-9,11,21H,2,5-6H2,1H3,(H,18,20,23). The van der Waals surface area contributed by atoms with Crippen LogP contribution in [0.2, 0.25) is 0 Å². The minimum atomic E-state index is -0.445. The van der Waals surface area contributed by atoms with Crippen LogP contribution in [0.25, 0.3) is 0 Å². The highest BCUT2D eigenvalue weighted by Gasteiger charge is 2.27. The second-order valence-corrected chi connectivity index (χ2v) is 5.67. The minimum Gasteiger partial charge on any atom is -0.494 e. The van der Waals surface area contributed by atoms with Crippen molar-refractivity contribution in [2.24, 2.45) is 4.99 Å². The number of aliphatic imine (C=N–C) groups is 1. The van der Waals surface area contributed by atoms with Gasteiger partial charge in [0.1, 0.15) is 11.3 Å². The third kappa shape index (κ3) is 3.34. The van der Waals surface area contributed by atoms with E-state index in [0.717, 1.165) is 18.6 Å². The summed E-state index contributed by atoms with van der Waals surface area (Å²) in [5.41, 5.74) is 0.325. The molecule has 1 aromatic carbocycles. The zero-order valence-electron chi connectivity index (χ0n) is 12.7. The lowest BCUT2D eigenvalue weighted by Gasteiger charge is -2.09. The molecule has 23 heavy (non-hydrogen) atoms. The monoisotopic (exact) mass is 331 g/mol. The van der Waals surface area contributed by atoms with Crippen LogP contribution in [-0.4, -0.2) is 27.5 Å². The number of hydrogen-bond acceptors (Lipinski definition) is 5. The molecule has 1 fully saturated rings. The third-order valence-electron chi connectivity index (χ3n) is 3.56. The number of benzene rings is 1. The predicted octanol–water partition coefficient (Wildman–Crippen LogP) is 3.10. The summed E-state index contributed by atoms with van der Waals surface area (Å²) in [7, 11) is 0. The zero-order chi connectivity index (χ0) is 16.4. The van der Waals surface area contributed by atoms with Gasteiger partial charge in [0.25, 0.3) is 5.56 Å². The molecule has 6 nitrogen and oxygen atoms in total. The Labute approximate surface area is 138 Å². The summed E-state index contributed by atoms with van der Waals surface area (Å²) in [5, 5.41) is 10.3. The van der Waals surface area contributed by atoms with E-state index in [-0.39, 0.29) is 22.3 Å². The molecule has 1 aliphatic rings. The van der Waals surface area contributed by atoms with Gasteiger partial charge in [-0.05, 0) is 56.2 Å². The molecule has 0 bridgehead atoms. The van der Waals surface area contributed by atoms with Crippen molar-refractivity contribution in [3.63, 3.8) is 0 Å². The second kappa shape index (κ2) is 6.37. The number of nitrogens with zero attached hydrogens (tertiary/aromatic N) is 2. The van der Waals surface area contributed by atoms with Gasteiger partial charge in [0.15, 0.2) is 4.77 Å². The molecule has 0 unspecified atom stereocenters. The molecule has 1 aromatic heterocycles. The molecule has 3 rings (SSSR count). The molecule has 0 atom stereocenters. The van der Waals surface area contributed by atoms with Crippen LogP contribution in [0.15, 0.2) is 34.1 Å². The highest BCUT2D eigenvalue weighted by atomic mass is 32.1. The maximum absolute atomic E-state index is 12.0. The van der Waals surface area contributed by atoms with Crippen molar-refractivity contribution in [2.75, 3.05) is 6.61 Å². The van der Waals surface area contributed by atoms with E-state index >= 15 is 0 Å². The molecule has 0 aliphatic heterocycles. The van der Waals surface area contributed by atoms with Crippen molar-refractivity contribution in [1.29, 1.82) is 0 Å². The molecule has 1 aliphatic carbocycles. The number of aromatic amines is 1. The summed E-state index contributed by atoms with van der Waals surface area (Å²) in [6.07, 6.45) is 3.25. The fraction of sp³-hybridized carbons (Fsp3) is 0.312. The third-order valence-corrected chi connectivity index (χ3v) is 3.85. The normalized spacial score (nSPS) is 14.3. The Balaban J connectivity index is 1.91. The fourth-order valence-electron chi connectivity index (χ4n) is 2.27. The number of H-pyrrole nitrogens is 1. The molecule has 1 saturated carbocycles. The second-order valence-electron chi connectivity index (χ2n) is 5.28. The summed E-state index contributed by atoms with van der Waals surface area (Å²) in [6, 6.07) is 7.33. The molecule has 2 aromatic rings. The lowest BCUT2D eigenvalue weighted by Crippen LogP contribution is -2.18. The van der Waals surface area contributed by atoms with Crippen molar-refractivity contribution in [2.45, 2.75) is 25.8 Å². The van der Waals surface area contributed by atoms with E-state index in [1.807, 2.05) is 6.92 Å². The van der Waals surface area contributed by atoms with Crippen LogP contribution in [0.5, 0.6) is 11.6 Å². The van der Waals surface area contributed by atoms with E-state index < -0.39 is 5.56 Å². The van der Waals surface area contributed by atoms with E-state index in [0.29, 0.717) is 12.3 Å². The molecular weight excluding hydrogens is 314 g/mol. The van der Waals surface area contributed by atoms with E-state index in [1.165, 1.54) is 6.21 Å². The van der Waals surface area contributed by atoms with Crippen LogP contribution in [0.4, 0.5) is 5.69 Å². The summed E-state index contributed by atoms with van der Waals surface area (Å²) in [5.74, 6) is 0.630. The highest BCUT2D eigenvalue weighted by Crippen LogP contribution is 2.37. The van der Waals surface area contributed by atoms with Gasteiger partial charge in [0.05, 0.1) is 12.3 Å². The van der Waals surface area contributed by atoms with Crippen LogP contribution < -0.4 is 10.3 Å². The van der Waals surface area contributed by atoms with E-state index in [9.17, 15) is 9.90 Å². The quantitative estimate of drug-likeness (QED) is 0.652. The molecule has 1 heterocycles. The van der Waals surface area contributed by atoms with Gasteiger partial charge in [0, 0.05) is 12.3 Å². The summed E-state index contributed by atoms with van der Waals surface area (Å²) in [6.45, 7) is 2.51. The van der Waals surface area contributed by atoms with Gasteiger partial charge in [-0.25, -0.2) is 0 Å². The van der Waals surface area contributed by atoms with Gasteiger partial charge in [-0.15, -0.1) is 0 Å². The Morgan fingerprint density at radius 1 is 1.43 bits per heavy atom. The lowest BCUT2D eigenvalue weighted by atomic mass is 10.3. The van der Waals surface area contributed by atoms with E-state index in [2.05, 4.69) is 9.98 Å². The minimum absolute atomic E-state index is 0.111. The fourth-order valence-corrected chi connectivity index (χ4v) is 2.60. The first-order valence-electron chi connectivity index (χ1n) is 7.45. The Hall–Kier alpha value is -2.41. The van der Waals surface area contributed by atoms with Crippen molar-refractivity contribution >= 4 is 24.1 Å². The molecule has 0 spiro atoms. The van der Waals surface area contributed by atoms with Crippen molar-refractivity contribution in [3.8, 4) is 11.6 Å². The average Bonchev–Trinajstić information content (AvgIpc) is 3.33. The largest absolute Gasteiger partial charge is 0.494 e. The number of ether oxygens (including phenoxy) is 1. The molecule has 0 saturated heterocycles. The highest BCUT2D eigenvalue weighted by molar-refractivity contribution is 7.71. The van der Waals surface area contributed by atoms with Gasteiger partial charge >= 0.3 is 0 Å². The molecule has 2 N–H and O–H groups in total. The SMILES string of the molecule is CCOc1ccc(N=Cc2c(O)n(C3CC3)c(=S)[nH]c2=O)cc1. The van der Waals surface area contributed by atoms with Crippen LogP contribution >= 0.6 is 12.2 Å². The number of aromatic nitrogens is 2. The van der Waals surface area contributed by atoms with Crippen LogP contribution in [-0.2, 0) is 0 Å². The van der Waals surface area contributed by atoms with Crippen molar-refractivity contribution < 1.29 is 9.84 Å². The molecule has 120 valence electrons. The maximum atomic E-state index is 12.0. The van der Waals surface area contributed by atoms with Gasteiger partial charge in [-0.2, -0.15) is 0 Å². The van der Waals surface area contributed by atoms with Gasteiger partial charge in [-0.3, -0.25) is 19.3 Å². The van der Waals surface area contributed by atoms with Crippen molar-refractivity contribution in [3.05, 3.63) is 45.0 Å². The summed E-state index contributed by atoms with van der Waals surface area (Å²) >= 11 is 5.11. The van der Waals surface area contributed by atoms with Crippen molar-refractivity contribution in [1.82, 2.24) is 9.55 Å².